The largest absolute Gasteiger partial charge is 0.480 e. The van der Waals surface area contributed by atoms with E-state index in [2.05, 4.69) is 10.1 Å². The number of carboxylic acid groups (broad SMARTS) is 1. The Labute approximate surface area is 85.1 Å². The monoisotopic (exact) mass is 207 g/mol. The first-order valence-corrected chi connectivity index (χ1v) is 4.26. The minimum atomic E-state index is -1.02. The van der Waals surface area contributed by atoms with E-state index in [1.54, 1.807) is 13.0 Å². The second-order valence-electron chi connectivity index (χ2n) is 3.02. The molecule has 0 bridgehead atoms. The topological polar surface area (TPSA) is 76.7 Å². The van der Waals surface area contributed by atoms with Crippen LogP contribution in [0.2, 0.25) is 0 Å². The number of carboxylic acids is 1. The van der Waals surface area contributed by atoms with Gasteiger partial charge in [0.1, 0.15) is 0 Å². The molecular weight excluding hydrogens is 198 g/mol. The van der Waals surface area contributed by atoms with Crippen LogP contribution in [0.5, 0.6) is 5.88 Å². The Bertz CT molecular complexity index is 533. The van der Waals surface area contributed by atoms with Gasteiger partial charge in [-0.3, -0.25) is 0 Å². The predicted octanol–water partition coefficient (Wildman–Crippen LogP) is 0.745. The second-order valence-corrected chi connectivity index (χ2v) is 3.02. The van der Waals surface area contributed by atoms with Crippen LogP contribution in [0.1, 0.15) is 16.1 Å². The van der Waals surface area contributed by atoms with Crippen LogP contribution in [-0.4, -0.2) is 32.8 Å². The molecular formula is C9H9N3O3. The molecule has 2 heterocycles. The maximum absolute atomic E-state index is 10.8. The number of fused-ring (bicyclic) bond motifs is 1. The molecule has 6 nitrogen and oxygen atoms in total. The summed E-state index contributed by atoms with van der Waals surface area (Å²) >= 11 is 0. The molecule has 15 heavy (non-hydrogen) atoms. The summed E-state index contributed by atoms with van der Waals surface area (Å²) in [6, 6.07) is 1.64. The molecule has 0 radical (unpaired) electrons. The van der Waals surface area contributed by atoms with Gasteiger partial charge in [0.05, 0.1) is 18.4 Å². The number of hydrogen-bond donors (Lipinski definition) is 1. The first-order chi connectivity index (χ1) is 7.13. The van der Waals surface area contributed by atoms with Crippen LogP contribution in [0, 0.1) is 6.92 Å². The molecule has 0 spiro atoms. The fourth-order valence-corrected chi connectivity index (χ4v) is 1.34. The molecule has 0 aliphatic carbocycles. The number of aryl methyl sites for hydroxylation is 1. The molecule has 2 aromatic rings. The van der Waals surface area contributed by atoms with Crippen molar-refractivity contribution in [3.8, 4) is 5.88 Å². The molecule has 2 aromatic heterocycles. The summed E-state index contributed by atoms with van der Waals surface area (Å²) in [7, 11) is 1.50. The first-order valence-electron chi connectivity index (χ1n) is 4.26. The van der Waals surface area contributed by atoms with Crippen molar-refractivity contribution in [2.24, 2.45) is 0 Å². The maximum atomic E-state index is 10.8. The summed E-state index contributed by atoms with van der Waals surface area (Å²) in [4.78, 5) is 14.8. The van der Waals surface area contributed by atoms with Crippen LogP contribution in [0.4, 0.5) is 0 Å². The highest BCUT2D eigenvalue weighted by molar-refractivity contribution is 5.88. The molecule has 0 saturated carbocycles. The third-order valence-corrected chi connectivity index (χ3v) is 2.14. The Kier molecular flexibility index (Phi) is 2.03. The van der Waals surface area contributed by atoms with Gasteiger partial charge in [-0.15, -0.1) is 5.10 Å². The van der Waals surface area contributed by atoms with Crippen molar-refractivity contribution in [3.63, 3.8) is 0 Å². The summed E-state index contributed by atoms with van der Waals surface area (Å²) < 4.78 is 6.38. The summed E-state index contributed by atoms with van der Waals surface area (Å²) in [6.45, 7) is 1.67. The van der Waals surface area contributed by atoms with E-state index in [4.69, 9.17) is 9.84 Å². The summed E-state index contributed by atoms with van der Waals surface area (Å²) in [6.07, 6.45) is 1.31. The average molecular weight is 207 g/mol. The normalized spacial score (nSPS) is 10.5. The third kappa shape index (κ3) is 1.39. The zero-order chi connectivity index (χ0) is 11.0. The van der Waals surface area contributed by atoms with Crippen molar-refractivity contribution < 1.29 is 14.6 Å². The molecule has 0 aliphatic heterocycles. The van der Waals surface area contributed by atoms with Crippen molar-refractivity contribution in [1.82, 2.24) is 14.6 Å². The number of aromatic nitrogens is 3. The Morgan fingerprint density at radius 3 is 2.93 bits per heavy atom. The standard InChI is InChI=1S/C9H9N3O3/c1-5-6(9(13)14)4-10-7-3-8(15-2)11-12(5)7/h3-4H,1-2H3,(H,13,14). The van der Waals surface area contributed by atoms with Crippen molar-refractivity contribution in [3.05, 3.63) is 23.5 Å². The van der Waals surface area contributed by atoms with Crippen molar-refractivity contribution >= 4 is 11.6 Å². The summed E-state index contributed by atoms with van der Waals surface area (Å²) in [5.74, 6) is -0.607. The number of rotatable bonds is 2. The number of aromatic carboxylic acids is 1. The Balaban J connectivity index is 2.72. The Hall–Kier alpha value is -2.11. The summed E-state index contributed by atoms with van der Waals surface area (Å²) in [5.41, 5.74) is 1.22. The fourth-order valence-electron chi connectivity index (χ4n) is 1.34. The average Bonchev–Trinajstić information content (AvgIpc) is 2.61. The van der Waals surface area contributed by atoms with Gasteiger partial charge >= 0.3 is 5.97 Å². The number of ether oxygens (including phenoxy) is 1. The van der Waals surface area contributed by atoms with E-state index in [0.29, 0.717) is 17.2 Å². The van der Waals surface area contributed by atoms with Gasteiger partial charge < -0.3 is 9.84 Å². The minimum Gasteiger partial charge on any atom is -0.480 e. The van der Waals surface area contributed by atoms with E-state index in [1.165, 1.54) is 17.8 Å². The molecule has 0 fully saturated rings. The second kappa shape index (κ2) is 3.23. The van der Waals surface area contributed by atoms with Gasteiger partial charge in [-0.2, -0.15) is 0 Å². The molecule has 78 valence electrons. The van der Waals surface area contributed by atoms with Gasteiger partial charge in [-0.05, 0) is 6.92 Å². The lowest BCUT2D eigenvalue weighted by atomic mass is 10.2. The van der Waals surface area contributed by atoms with Crippen LogP contribution in [0.3, 0.4) is 0 Å². The quantitative estimate of drug-likeness (QED) is 0.786. The van der Waals surface area contributed by atoms with Gasteiger partial charge in [0.25, 0.3) is 0 Å². The smallest absolute Gasteiger partial charge is 0.339 e. The highest BCUT2D eigenvalue weighted by Gasteiger charge is 2.12. The molecule has 0 unspecified atom stereocenters. The van der Waals surface area contributed by atoms with Gasteiger partial charge in [0.15, 0.2) is 5.65 Å². The first kappa shape index (κ1) is 9.45. The number of hydrogen-bond acceptors (Lipinski definition) is 4. The van der Waals surface area contributed by atoms with E-state index < -0.39 is 5.97 Å². The summed E-state index contributed by atoms with van der Waals surface area (Å²) in [5, 5.41) is 12.9. The number of nitrogens with zero attached hydrogens (tertiary/aromatic N) is 3. The predicted molar refractivity (Wildman–Crippen MR) is 51.2 cm³/mol. The molecule has 0 atom stereocenters. The molecule has 0 aromatic carbocycles. The van der Waals surface area contributed by atoms with E-state index in [1.807, 2.05) is 0 Å². The van der Waals surface area contributed by atoms with Crippen LogP contribution < -0.4 is 4.74 Å². The Morgan fingerprint density at radius 1 is 1.60 bits per heavy atom. The van der Waals surface area contributed by atoms with Crippen LogP contribution in [0.25, 0.3) is 5.65 Å². The van der Waals surface area contributed by atoms with E-state index in [9.17, 15) is 4.79 Å². The zero-order valence-corrected chi connectivity index (χ0v) is 8.26. The van der Waals surface area contributed by atoms with Crippen LogP contribution >= 0.6 is 0 Å². The van der Waals surface area contributed by atoms with Crippen molar-refractivity contribution in [1.29, 1.82) is 0 Å². The third-order valence-electron chi connectivity index (χ3n) is 2.14. The number of carbonyl (C=O) groups is 1. The lowest BCUT2D eigenvalue weighted by Gasteiger charge is -2.01. The van der Waals surface area contributed by atoms with E-state index >= 15 is 0 Å². The lowest BCUT2D eigenvalue weighted by molar-refractivity contribution is 0.0695. The Morgan fingerprint density at radius 2 is 2.33 bits per heavy atom. The van der Waals surface area contributed by atoms with Gasteiger partial charge in [-0.1, -0.05) is 0 Å². The molecule has 6 heteroatoms. The highest BCUT2D eigenvalue weighted by Crippen LogP contribution is 2.14. The molecule has 0 amide bonds. The molecule has 1 N–H and O–H groups in total. The number of methoxy groups -OCH3 is 1. The lowest BCUT2D eigenvalue weighted by Crippen LogP contribution is -2.06. The van der Waals surface area contributed by atoms with Crippen molar-refractivity contribution in [2.75, 3.05) is 7.11 Å². The molecule has 0 saturated heterocycles. The minimum absolute atomic E-state index is 0.133. The zero-order valence-electron chi connectivity index (χ0n) is 8.26. The van der Waals surface area contributed by atoms with Crippen LogP contribution in [-0.2, 0) is 0 Å². The van der Waals surface area contributed by atoms with Gasteiger partial charge in [0, 0.05) is 12.3 Å². The van der Waals surface area contributed by atoms with Crippen LogP contribution in [0.15, 0.2) is 12.3 Å². The van der Waals surface area contributed by atoms with E-state index in [0.717, 1.165) is 0 Å². The van der Waals surface area contributed by atoms with Crippen molar-refractivity contribution in [2.45, 2.75) is 6.92 Å². The molecule has 0 aliphatic rings. The van der Waals surface area contributed by atoms with Gasteiger partial charge in [0.2, 0.25) is 5.88 Å². The van der Waals surface area contributed by atoms with E-state index in [-0.39, 0.29) is 5.56 Å². The SMILES string of the molecule is COc1cc2ncc(C(=O)O)c(C)n2n1. The molecule has 2 rings (SSSR count). The maximum Gasteiger partial charge on any atom is 0.339 e. The fraction of sp³-hybridized carbons (Fsp3) is 0.222. The van der Waals surface area contributed by atoms with Gasteiger partial charge in [-0.25, -0.2) is 14.3 Å². The highest BCUT2D eigenvalue weighted by atomic mass is 16.5.